The van der Waals surface area contributed by atoms with Gasteiger partial charge in [0.05, 0.1) is 10.8 Å². The van der Waals surface area contributed by atoms with E-state index in [1.165, 1.54) is 28.0 Å². The third-order valence-corrected chi connectivity index (χ3v) is 8.72. The van der Waals surface area contributed by atoms with Gasteiger partial charge in [0.25, 0.3) is 0 Å². The lowest BCUT2D eigenvalue weighted by atomic mass is 10.2. The van der Waals surface area contributed by atoms with Crippen LogP contribution >= 0.6 is 11.8 Å². The molecule has 0 spiro atoms. The molecule has 0 aliphatic carbocycles. The van der Waals surface area contributed by atoms with Gasteiger partial charge in [-0.3, -0.25) is 4.79 Å². The van der Waals surface area contributed by atoms with Crippen molar-refractivity contribution < 1.29 is 13.2 Å². The molecule has 0 N–H and O–H groups in total. The number of pyridine rings is 1. The van der Waals surface area contributed by atoms with E-state index in [1.54, 1.807) is 12.1 Å². The third kappa shape index (κ3) is 5.43. The Balaban J connectivity index is 1.27. The molecule has 8 nitrogen and oxygen atoms in total. The number of aromatic nitrogens is 1. The van der Waals surface area contributed by atoms with E-state index in [4.69, 9.17) is 0 Å². The average molecular weight is 476 g/mol. The second kappa shape index (κ2) is 10.2. The van der Waals surface area contributed by atoms with Crippen LogP contribution in [0.15, 0.2) is 58.6 Å². The van der Waals surface area contributed by atoms with Crippen LogP contribution in [0.1, 0.15) is 0 Å². The summed E-state index contributed by atoms with van der Waals surface area (Å²) >= 11 is 1.34. The molecule has 0 bridgehead atoms. The van der Waals surface area contributed by atoms with E-state index < -0.39 is 10.0 Å². The van der Waals surface area contributed by atoms with E-state index >= 15 is 0 Å². The van der Waals surface area contributed by atoms with Crippen LogP contribution in [0.3, 0.4) is 0 Å². The summed E-state index contributed by atoms with van der Waals surface area (Å²) in [5.41, 5.74) is 1.18. The Labute approximate surface area is 194 Å². The van der Waals surface area contributed by atoms with Gasteiger partial charge in [-0.15, -0.1) is 0 Å². The number of nitrogens with zero attached hydrogens (tertiary/aromatic N) is 5. The Morgan fingerprint density at radius 3 is 2.25 bits per heavy atom. The molecule has 0 unspecified atom stereocenters. The summed E-state index contributed by atoms with van der Waals surface area (Å²) < 4.78 is 27.1. The molecule has 0 radical (unpaired) electrons. The maximum Gasteiger partial charge on any atom is 0.244 e. The Morgan fingerprint density at radius 2 is 1.62 bits per heavy atom. The first-order valence-corrected chi connectivity index (χ1v) is 13.2. The summed E-state index contributed by atoms with van der Waals surface area (Å²) in [6.07, 6.45) is 1.40. The maximum absolute atomic E-state index is 12.8. The zero-order valence-corrected chi connectivity index (χ0v) is 19.9. The third-order valence-electron chi connectivity index (χ3n) is 5.91. The first kappa shape index (κ1) is 23.0. The number of thioether (sulfide) groups is 1. The number of likely N-dealkylation sites (N-methyl/N-ethyl adjacent to an activating group) is 1. The monoisotopic (exact) mass is 475 g/mol. The topological polar surface area (TPSA) is 77.1 Å². The van der Waals surface area contributed by atoms with Crippen LogP contribution in [0.5, 0.6) is 0 Å². The Morgan fingerprint density at radius 1 is 0.938 bits per heavy atom. The van der Waals surface area contributed by atoms with Crippen molar-refractivity contribution in [1.29, 1.82) is 0 Å². The molecule has 4 rings (SSSR count). The molecule has 2 saturated heterocycles. The Hall–Kier alpha value is -2.14. The molecule has 1 amide bonds. The van der Waals surface area contributed by atoms with Crippen LogP contribution < -0.4 is 4.90 Å². The van der Waals surface area contributed by atoms with E-state index in [-0.39, 0.29) is 10.8 Å². The average Bonchev–Trinajstić information content (AvgIpc) is 2.84. The highest BCUT2D eigenvalue weighted by Crippen LogP contribution is 2.22. The first-order chi connectivity index (χ1) is 15.4. The van der Waals surface area contributed by atoms with Crippen LogP contribution in [-0.4, -0.2) is 98.6 Å². The SMILES string of the molecule is CN1CCN(S(=O)(=O)c2ccc(SCC(=O)N3CCN(c4ccccc4)CC3)nc2)CC1. The molecular weight excluding hydrogens is 446 g/mol. The minimum absolute atomic E-state index is 0.0821. The molecule has 2 aliphatic heterocycles. The van der Waals surface area contributed by atoms with E-state index in [0.29, 0.717) is 37.0 Å². The zero-order chi connectivity index (χ0) is 22.6. The summed E-state index contributed by atoms with van der Waals surface area (Å²) in [6.45, 7) is 5.45. The lowest BCUT2D eigenvalue weighted by Gasteiger charge is -2.36. The second-order valence-corrected chi connectivity index (χ2v) is 11.0. The first-order valence-electron chi connectivity index (χ1n) is 10.8. The number of hydrogen-bond acceptors (Lipinski definition) is 7. The van der Waals surface area contributed by atoms with Gasteiger partial charge in [0.15, 0.2) is 0 Å². The van der Waals surface area contributed by atoms with Gasteiger partial charge in [0, 0.05) is 64.2 Å². The van der Waals surface area contributed by atoms with Crippen LogP contribution in [0, 0.1) is 0 Å². The zero-order valence-electron chi connectivity index (χ0n) is 18.3. The second-order valence-electron chi connectivity index (χ2n) is 8.03. The fourth-order valence-electron chi connectivity index (χ4n) is 3.86. The van der Waals surface area contributed by atoms with Gasteiger partial charge in [-0.2, -0.15) is 4.31 Å². The number of anilines is 1. The summed E-state index contributed by atoms with van der Waals surface area (Å²) in [7, 11) is -1.54. The van der Waals surface area contributed by atoms with E-state index in [9.17, 15) is 13.2 Å². The minimum Gasteiger partial charge on any atom is -0.368 e. The number of sulfonamides is 1. The fourth-order valence-corrected chi connectivity index (χ4v) is 5.98. The highest BCUT2D eigenvalue weighted by atomic mass is 32.2. The van der Waals surface area contributed by atoms with E-state index in [2.05, 4.69) is 26.9 Å². The molecule has 172 valence electrons. The molecule has 0 atom stereocenters. The van der Waals surface area contributed by atoms with Crippen molar-refractivity contribution in [2.24, 2.45) is 0 Å². The number of rotatable bonds is 6. The van der Waals surface area contributed by atoms with Gasteiger partial charge in [-0.05, 0) is 31.3 Å². The molecular formula is C22H29N5O3S2. The number of piperazine rings is 2. The summed E-state index contributed by atoms with van der Waals surface area (Å²) in [6, 6.07) is 13.5. The van der Waals surface area contributed by atoms with Gasteiger partial charge in [-0.1, -0.05) is 30.0 Å². The highest BCUT2D eigenvalue weighted by molar-refractivity contribution is 7.99. The van der Waals surface area contributed by atoms with Gasteiger partial charge in [0.2, 0.25) is 15.9 Å². The smallest absolute Gasteiger partial charge is 0.244 e. The molecule has 2 fully saturated rings. The van der Waals surface area contributed by atoms with Gasteiger partial charge in [0.1, 0.15) is 4.90 Å². The fraction of sp³-hybridized carbons (Fsp3) is 0.455. The maximum atomic E-state index is 12.8. The molecule has 2 aliphatic rings. The number of carbonyl (C=O) groups excluding carboxylic acids is 1. The molecule has 10 heteroatoms. The summed E-state index contributed by atoms with van der Waals surface area (Å²) in [5, 5.41) is 0.651. The number of hydrogen-bond donors (Lipinski definition) is 0. The highest BCUT2D eigenvalue weighted by Gasteiger charge is 2.28. The van der Waals surface area contributed by atoms with Gasteiger partial charge < -0.3 is 14.7 Å². The molecule has 32 heavy (non-hydrogen) atoms. The predicted molar refractivity (Wildman–Crippen MR) is 126 cm³/mol. The number of benzene rings is 1. The van der Waals surface area contributed by atoms with Crippen molar-refractivity contribution >= 4 is 33.4 Å². The largest absolute Gasteiger partial charge is 0.368 e. The minimum atomic E-state index is -3.52. The standard InChI is InChI=1S/C22H29N5O3S2/c1-24-9-15-27(16-10-24)32(29,30)20-7-8-21(23-17-20)31-18-22(28)26-13-11-25(12-14-26)19-5-3-2-4-6-19/h2-8,17H,9-16,18H2,1H3. The van der Waals surface area contributed by atoms with Crippen molar-refractivity contribution in [1.82, 2.24) is 19.1 Å². The molecule has 2 aromatic rings. The number of amides is 1. The summed E-state index contributed by atoms with van der Waals surface area (Å²) in [5.74, 6) is 0.377. The van der Waals surface area contributed by atoms with E-state index in [1.807, 2.05) is 30.1 Å². The number of carbonyl (C=O) groups is 1. The van der Waals surface area contributed by atoms with Gasteiger partial charge >= 0.3 is 0 Å². The van der Waals surface area contributed by atoms with Crippen LogP contribution in [0.2, 0.25) is 0 Å². The molecule has 1 aromatic heterocycles. The van der Waals surface area contributed by atoms with Crippen LogP contribution in [0.4, 0.5) is 5.69 Å². The Bertz CT molecular complexity index is 1000. The lowest BCUT2D eigenvalue weighted by Crippen LogP contribution is -2.49. The van der Waals surface area contributed by atoms with Crippen molar-refractivity contribution in [3.63, 3.8) is 0 Å². The van der Waals surface area contributed by atoms with Crippen LogP contribution in [0.25, 0.3) is 0 Å². The van der Waals surface area contributed by atoms with Crippen molar-refractivity contribution in [3.05, 3.63) is 48.7 Å². The molecule has 0 saturated carbocycles. The van der Waals surface area contributed by atoms with E-state index in [0.717, 1.165) is 26.2 Å². The van der Waals surface area contributed by atoms with Crippen molar-refractivity contribution in [3.8, 4) is 0 Å². The van der Waals surface area contributed by atoms with Crippen molar-refractivity contribution in [2.45, 2.75) is 9.92 Å². The quantitative estimate of drug-likeness (QED) is 0.586. The normalized spacial score (nSPS) is 18.7. The lowest BCUT2D eigenvalue weighted by molar-refractivity contribution is -0.128. The summed E-state index contributed by atoms with van der Waals surface area (Å²) in [4.78, 5) is 23.4. The Kier molecular flexibility index (Phi) is 7.34. The predicted octanol–water partition coefficient (Wildman–Crippen LogP) is 1.46. The van der Waals surface area contributed by atoms with Crippen molar-refractivity contribution in [2.75, 3.05) is 70.1 Å². The van der Waals surface area contributed by atoms with Gasteiger partial charge in [-0.25, -0.2) is 13.4 Å². The molecule has 3 heterocycles. The number of para-hydroxylation sites is 1. The van der Waals surface area contributed by atoms with Crippen LogP contribution in [-0.2, 0) is 14.8 Å². The molecule has 1 aromatic carbocycles.